The number of pyridine rings is 2. The molecule has 0 spiro atoms. The standard InChI is InChI=1S/C27H22ClN3O3/c28-23-15-14-21(17-30-23)18-31(24-13-7-8-16-29-24)26(32)25(22-11-5-2-6-12-22)27(33)34-19-20-9-3-1-4-10-20/h1-17,25H,18-19H2. The number of hydrogen-bond acceptors (Lipinski definition) is 5. The number of anilines is 1. The first-order valence-corrected chi connectivity index (χ1v) is 11.1. The van der Waals surface area contributed by atoms with Gasteiger partial charge in [-0.05, 0) is 34.9 Å². The molecule has 2 heterocycles. The summed E-state index contributed by atoms with van der Waals surface area (Å²) in [4.78, 5) is 37.1. The average molecular weight is 472 g/mol. The van der Waals surface area contributed by atoms with Crippen LogP contribution in [0.3, 0.4) is 0 Å². The Hall–Kier alpha value is -4.03. The fraction of sp³-hybridized carbons (Fsp3) is 0.111. The van der Waals surface area contributed by atoms with Crippen LogP contribution in [0.15, 0.2) is 103 Å². The zero-order valence-corrected chi connectivity index (χ0v) is 19.0. The second-order valence-corrected chi connectivity index (χ2v) is 7.93. The van der Waals surface area contributed by atoms with Gasteiger partial charge < -0.3 is 4.74 Å². The first-order chi connectivity index (χ1) is 16.6. The van der Waals surface area contributed by atoms with E-state index < -0.39 is 17.8 Å². The Bertz CT molecular complexity index is 1220. The van der Waals surface area contributed by atoms with E-state index in [2.05, 4.69) is 9.97 Å². The van der Waals surface area contributed by atoms with Gasteiger partial charge in [-0.2, -0.15) is 0 Å². The van der Waals surface area contributed by atoms with Crippen molar-refractivity contribution in [2.24, 2.45) is 0 Å². The predicted molar refractivity (Wildman–Crippen MR) is 130 cm³/mol. The van der Waals surface area contributed by atoms with Crippen LogP contribution in [0.1, 0.15) is 22.6 Å². The fourth-order valence-corrected chi connectivity index (χ4v) is 3.57. The van der Waals surface area contributed by atoms with E-state index in [1.807, 2.05) is 36.4 Å². The number of ether oxygens (including phenoxy) is 1. The van der Waals surface area contributed by atoms with Gasteiger partial charge in [-0.15, -0.1) is 0 Å². The van der Waals surface area contributed by atoms with Gasteiger partial charge >= 0.3 is 5.97 Å². The number of carbonyl (C=O) groups excluding carboxylic acids is 2. The maximum atomic E-state index is 13.9. The highest BCUT2D eigenvalue weighted by atomic mass is 35.5. The Morgan fingerprint density at radius 2 is 1.53 bits per heavy atom. The monoisotopic (exact) mass is 471 g/mol. The molecule has 2 aromatic carbocycles. The zero-order chi connectivity index (χ0) is 23.8. The van der Waals surface area contributed by atoms with E-state index in [9.17, 15) is 9.59 Å². The van der Waals surface area contributed by atoms with Crippen molar-refractivity contribution in [3.63, 3.8) is 0 Å². The first kappa shape index (κ1) is 23.1. The van der Waals surface area contributed by atoms with Crippen LogP contribution < -0.4 is 4.90 Å². The molecule has 4 rings (SSSR count). The summed E-state index contributed by atoms with van der Waals surface area (Å²) in [6.45, 7) is 0.232. The van der Waals surface area contributed by atoms with Crippen molar-refractivity contribution >= 4 is 29.3 Å². The molecule has 1 unspecified atom stereocenters. The Kier molecular flexibility index (Phi) is 7.63. The van der Waals surface area contributed by atoms with E-state index in [0.717, 1.165) is 11.1 Å². The Morgan fingerprint density at radius 3 is 2.18 bits per heavy atom. The number of aromatic nitrogens is 2. The summed E-state index contributed by atoms with van der Waals surface area (Å²) in [5, 5.41) is 0.353. The summed E-state index contributed by atoms with van der Waals surface area (Å²) in [5.74, 6) is -1.82. The minimum absolute atomic E-state index is 0.0704. The normalized spacial score (nSPS) is 11.4. The molecule has 0 saturated carbocycles. The number of hydrogen-bond donors (Lipinski definition) is 0. The highest BCUT2D eigenvalue weighted by Crippen LogP contribution is 2.25. The molecule has 0 N–H and O–H groups in total. The van der Waals surface area contributed by atoms with Gasteiger partial charge in [-0.1, -0.05) is 84.4 Å². The van der Waals surface area contributed by atoms with Crippen LogP contribution in [-0.2, 0) is 27.5 Å². The third kappa shape index (κ3) is 5.85. The SMILES string of the molecule is O=C(OCc1ccccc1)C(C(=O)N(Cc1ccc(Cl)nc1)c1ccccn1)c1ccccc1. The van der Waals surface area contributed by atoms with Gasteiger partial charge in [0, 0.05) is 12.4 Å². The minimum Gasteiger partial charge on any atom is -0.460 e. The Balaban J connectivity index is 1.66. The maximum absolute atomic E-state index is 13.9. The quantitative estimate of drug-likeness (QED) is 0.201. The molecule has 4 aromatic rings. The number of benzene rings is 2. The molecule has 7 heteroatoms. The summed E-state index contributed by atoms with van der Waals surface area (Å²) in [5.41, 5.74) is 2.12. The number of nitrogens with zero attached hydrogens (tertiary/aromatic N) is 3. The Morgan fingerprint density at radius 1 is 0.824 bits per heavy atom. The van der Waals surface area contributed by atoms with Crippen molar-refractivity contribution < 1.29 is 14.3 Å². The molecular weight excluding hydrogens is 450 g/mol. The third-order valence-electron chi connectivity index (χ3n) is 5.16. The van der Waals surface area contributed by atoms with E-state index in [-0.39, 0.29) is 13.2 Å². The molecule has 2 aromatic heterocycles. The lowest BCUT2D eigenvalue weighted by atomic mass is 9.97. The van der Waals surface area contributed by atoms with Gasteiger partial charge in [-0.3, -0.25) is 14.5 Å². The predicted octanol–water partition coefficient (Wildman–Crippen LogP) is 5.19. The van der Waals surface area contributed by atoms with Gasteiger partial charge in [0.2, 0.25) is 5.91 Å². The summed E-state index contributed by atoms with van der Waals surface area (Å²) in [6, 6.07) is 26.9. The number of amides is 1. The van der Waals surface area contributed by atoms with Crippen LogP contribution in [0, 0.1) is 0 Å². The molecular formula is C27H22ClN3O3. The number of rotatable bonds is 8. The van der Waals surface area contributed by atoms with Crippen LogP contribution in [0.5, 0.6) is 0 Å². The molecule has 1 atom stereocenters. The molecule has 0 saturated heterocycles. The van der Waals surface area contributed by atoms with E-state index in [4.69, 9.17) is 16.3 Å². The van der Waals surface area contributed by atoms with Crippen molar-refractivity contribution in [2.45, 2.75) is 19.1 Å². The van der Waals surface area contributed by atoms with Gasteiger partial charge in [0.25, 0.3) is 0 Å². The second kappa shape index (κ2) is 11.2. The molecule has 34 heavy (non-hydrogen) atoms. The molecule has 0 radical (unpaired) electrons. The van der Waals surface area contributed by atoms with Crippen molar-refractivity contribution in [1.82, 2.24) is 9.97 Å². The van der Waals surface area contributed by atoms with Gasteiger partial charge in [0.05, 0.1) is 6.54 Å². The van der Waals surface area contributed by atoms with Crippen LogP contribution in [0.25, 0.3) is 0 Å². The van der Waals surface area contributed by atoms with E-state index in [1.165, 1.54) is 4.90 Å². The van der Waals surface area contributed by atoms with Gasteiger partial charge in [-0.25, -0.2) is 9.97 Å². The largest absolute Gasteiger partial charge is 0.460 e. The summed E-state index contributed by atoms with van der Waals surface area (Å²) in [6.07, 6.45) is 3.19. The lowest BCUT2D eigenvalue weighted by Crippen LogP contribution is -2.39. The molecule has 0 bridgehead atoms. The van der Waals surface area contributed by atoms with E-state index in [0.29, 0.717) is 16.5 Å². The molecule has 170 valence electrons. The maximum Gasteiger partial charge on any atom is 0.323 e. The van der Waals surface area contributed by atoms with Crippen molar-refractivity contribution in [1.29, 1.82) is 0 Å². The lowest BCUT2D eigenvalue weighted by molar-refractivity contribution is -0.149. The van der Waals surface area contributed by atoms with Crippen LogP contribution in [-0.4, -0.2) is 21.8 Å². The lowest BCUT2D eigenvalue weighted by Gasteiger charge is -2.26. The summed E-state index contributed by atoms with van der Waals surface area (Å²) >= 11 is 5.92. The van der Waals surface area contributed by atoms with Crippen molar-refractivity contribution in [2.75, 3.05) is 4.90 Å². The third-order valence-corrected chi connectivity index (χ3v) is 5.38. The van der Waals surface area contributed by atoms with Gasteiger partial charge in [0.15, 0.2) is 5.92 Å². The molecule has 0 aliphatic heterocycles. The second-order valence-electron chi connectivity index (χ2n) is 7.54. The average Bonchev–Trinajstić information content (AvgIpc) is 2.89. The molecule has 0 fully saturated rings. The smallest absolute Gasteiger partial charge is 0.323 e. The summed E-state index contributed by atoms with van der Waals surface area (Å²) in [7, 11) is 0. The minimum atomic E-state index is -1.16. The zero-order valence-electron chi connectivity index (χ0n) is 18.3. The van der Waals surface area contributed by atoms with E-state index >= 15 is 0 Å². The molecule has 1 amide bonds. The van der Waals surface area contributed by atoms with E-state index in [1.54, 1.807) is 67.0 Å². The van der Waals surface area contributed by atoms with Crippen LogP contribution in [0.2, 0.25) is 5.15 Å². The highest BCUT2D eigenvalue weighted by Gasteiger charge is 2.35. The topological polar surface area (TPSA) is 72.4 Å². The molecule has 0 aliphatic carbocycles. The number of carbonyl (C=O) groups is 2. The Labute approximate surface area is 202 Å². The van der Waals surface area contributed by atoms with Crippen molar-refractivity contribution in [3.8, 4) is 0 Å². The number of esters is 1. The van der Waals surface area contributed by atoms with Crippen LogP contribution in [0.4, 0.5) is 5.82 Å². The fourth-order valence-electron chi connectivity index (χ4n) is 3.46. The van der Waals surface area contributed by atoms with Crippen molar-refractivity contribution in [3.05, 3.63) is 125 Å². The first-order valence-electron chi connectivity index (χ1n) is 10.7. The summed E-state index contributed by atoms with van der Waals surface area (Å²) < 4.78 is 5.58. The van der Waals surface area contributed by atoms with Crippen LogP contribution >= 0.6 is 11.6 Å². The number of halogens is 1. The molecule has 6 nitrogen and oxygen atoms in total. The highest BCUT2D eigenvalue weighted by molar-refractivity contribution is 6.29. The molecule has 0 aliphatic rings. The van der Waals surface area contributed by atoms with Gasteiger partial charge in [0.1, 0.15) is 17.6 Å².